The van der Waals surface area contributed by atoms with Crippen LogP contribution in [0.2, 0.25) is 0 Å². The zero-order valence-electron chi connectivity index (χ0n) is 12.8. The molecule has 0 radical (unpaired) electrons. The number of ether oxygens (including phenoxy) is 2. The summed E-state index contributed by atoms with van der Waals surface area (Å²) in [6.45, 7) is 1.88. The Bertz CT molecular complexity index is 639. The summed E-state index contributed by atoms with van der Waals surface area (Å²) in [7, 11) is 3.43. The van der Waals surface area contributed by atoms with E-state index in [1.54, 1.807) is 14.2 Å². The number of hydrogen-bond acceptors (Lipinski definition) is 4. The van der Waals surface area contributed by atoms with E-state index < -0.39 is 0 Å². The SMILES string of the molecule is COc1ccc(OC)c(CN(Cc2ccc(Br)s2)C2CC2)c1. The molecule has 22 heavy (non-hydrogen) atoms. The summed E-state index contributed by atoms with van der Waals surface area (Å²) >= 11 is 5.36. The second-order valence-electron chi connectivity index (χ2n) is 5.52. The first-order valence-corrected chi connectivity index (χ1v) is 8.99. The third kappa shape index (κ3) is 3.83. The molecule has 0 atom stereocenters. The van der Waals surface area contributed by atoms with Gasteiger partial charge in [0.25, 0.3) is 0 Å². The molecule has 1 fully saturated rings. The Balaban J connectivity index is 1.78. The molecule has 0 spiro atoms. The minimum absolute atomic E-state index is 0.691. The van der Waals surface area contributed by atoms with Gasteiger partial charge in [0.05, 0.1) is 18.0 Å². The van der Waals surface area contributed by atoms with Crippen molar-refractivity contribution < 1.29 is 9.47 Å². The van der Waals surface area contributed by atoms with Crippen LogP contribution >= 0.6 is 27.3 Å². The van der Waals surface area contributed by atoms with Gasteiger partial charge in [0.15, 0.2) is 0 Å². The van der Waals surface area contributed by atoms with E-state index in [2.05, 4.69) is 39.0 Å². The maximum Gasteiger partial charge on any atom is 0.123 e. The molecule has 0 saturated heterocycles. The van der Waals surface area contributed by atoms with Crippen LogP contribution in [-0.2, 0) is 13.1 Å². The van der Waals surface area contributed by atoms with Gasteiger partial charge in [-0.05, 0) is 59.1 Å². The van der Waals surface area contributed by atoms with Gasteiger partial charge < -0.3 is 9.47 Å². The van der Waals surface area contributed by atoms with Crippen molar-refractivity contribution in [2.24, 2.45) is 0 Å². The van der Waals surface area contributed by atoms with Gasteiger partial charge in [-0.1, -0.05) is 0 Å². The molecule has 0 unspecified atom stereocenters. The average Bonchev–Trinajstić information content (AvgIpc) is 3.30. The maximum atomic E-state index is 5.51. The van der Waals surface area contributed by atoms with Crippen molar-refractivity contribution in [1.29, 1.82) is 0 Å². The Kier molecular flexibility index (Phi) is 5.06. The Labute approximate surface area is 144 Å². The van der Waals surface area contributed by atoms with E-state index in [4.69, 9.17) is 9.47 Å². The normalized spacial score (nSPS) is 14.4. The molecule has 1 saturated carbocycles. The Morgan fingerprint density at radius 3 is 2.55 bits per heavy atom. The van der Waals surface area contributed by atoms with E-state index in [0.29, 0.717) is 6.04 Å². The van der Waals surface area contributed by atoms with Crippen LogP contribution < -0.4 is 9.47 Å². The average molecular weight is 382 g/mol. The number of hydrogen-bond donors (Lipinski definition) is 0. The quantitative estimate of drug-likeness (QED) is 0.693. The first kappa shape index (κ1) is 15.8. The van der Waals surface area contributed by atoms with Crippen LogP contribution in [0.4, 0.5) is 0 Å². The predicted molar refractivity (Wildman–Crippen MR) is 93.8 cm³/mol. The van der Waals surface area contributed by atoms with Crippen LogP contribution in [0.15, 0.2) is 34.1 Å². The van der Waals surface area contributed by atoms with Crippen molar-refractivity contribution in [1.82, 2.24) is 4.90 Å². The molecule has 3 nitrogen and oxygen atoms in total. The molecule has 1 aliphatic rings. The summed E-state index contributed by atoms with van der Waals surface area (Å²) in [6.07, 6.45) is 2.58. The first-order chi connectivity index (χ1) is 10.7. The molecule has 0 bridgehead atoms. The molecule has 0 aliphatic heterocycles. The van der Waals surface area contributed by atoms with Gasteiger partial charge in [-0.2, -0.15) is 0 Å². The fraction of sp³-hybridized carbons (Fsp3) is 0.412. The largest absolute Gasteiger partial charge is 0.497 e. The van der Waals surface area contributed by atoms with Gasteiger partial charge in [-0.25, -0.2) is 0 Å². The van der Waals surface area contributed by atoms with E-state index in [1.165, 1.54) is 27.1 Å². The Hall–Kier alpha value is -1.04. The van der Waals surface area contributed by atoms with E-state index >= 15 is 0 Å². The molecular weight excluding hydrogens is 362 g/mol. The second-order valence-corrected chi connectivity index (χ2v) is 8.07. The second kappa shape index (κ2) is 7.02. The highest BCUT2D eigenvalue weighted by Crippen LogP contribution is 2.34. The van der Waals surface area contributed by atoms with E-state index in [1.807, 2.05) is 23.5 Å². The monoisotopic (exact) mass is 381 g/mol. The highest BCUT2D eigenvalue weighted by Gasteiger charge is 2.30. The lowest BCUT2D eigenvalue weighted by atomic mass is 10.1. The van der Waals surface area contributed by atoms with E-state index in [9.17, 15) is 0 Å². The zero-order chi connectivity index (χ0) is 15.5. The minimum atomic E-state index is 0.691. The van der Waals surface area contributed by atoms with Gasteiger partial charge in [0.2, 0.25) is 0 Å². The predicted octanol–water partition coefficient (Wildman–Crippen LogP) is 4.69. The molecule has 1 heterocycles. The highest BCUT2D eigenvalue weighted by molar-refractivity contribution is 9.11. The van der Waals surface area contributed by atoms with Crippen LogP contribution in [0.1, 0.15) is 23.3 Å². The molecule has 2 aromatic rings. The summed E-state index contributed by atoms with van der Waals surface area (Å²) in [5.74, 6) is 1.81. The summed E-state index contributed by atoms with van der Waals surface area (Å²) in [4.78, 5) is 3.93. The molecule has 1 aromatic heterocycles. The van der Waals surface area contributed by atoms with Crippen molar-refractivity contribution in [3.05, 3.63) is 44.6 Å². The molecular formula is C17H20BrNO2S. The third-order valence-corrected chi connectivity index (χ3v) is 5.52. The minimum Gasteiger partial charge on any atom is -0.497 e. The number of halogens is 1. The number of thiophene rings is 1. The molecule has 0 amide bonds. The number of rotatable bonds is 7. The zero-order valence-corrected chi connectivity index (χ0v) is 15.2. The standard InChI is InChI=1S/C17H20BrNO2S/c1-20-14-5-7-16(21-2)12(9-14)10-19(13-3-4-13)11-15-6-8-17(18)22-15/h5-9,13H,3-4,10-11H2,1-2H3. The van der Waals surface area contributed by atoms with Gasteiger partial charge in [-0.3, -0.25) is 4.90 Å². The Morgan fingerprint density at radius 2 is 1.95 bits per heavy atom. The van der Waals surface area contributed by atoms with E-state index in [0.717, 1.165) is 24.6 Å². The molecule has 0 N–H and O–H groups in total. The fourth-order valence-corrected chi connectivity index (χ4v) is 4.12. The van der Waals surface area contributed by atoms with Gasteiger partial charge in [0, 0.05) is 29.6 Å². The van der Waals surface area contributed by atoms with Crippen LogP contribution in [0.3, 0.4) is 0 Å². The van der Waals surface area contributed by atoms with Crippen molar-refractivity contribution in [3.8, 4) is 11.5 Å². The highest BCUT2D eigenvalue weighted by atomic mass is 79.9. The first-order valence-electron chi connectivity index (χ1n) is 7.38. The summed E-state index contributed by atoms with van der Waals surface area (Å²) in [5.41, 5.74) is 1.18. The van der Waals surface area contributed by atoms with Crippen LogP contribution in [0.25, 0.3) is 0 Å². The van der Waals surface area contributed by atoms with Gasteiger partial charge >= 0.3 is 0 Å². The fourth-order valence-electron chi connectivity index (χ4n) is 2.61. The lowest BCUT2D eigenvalue weighted by Crippen LogP contribution is -2.24. The van der Waals surface area contributed by atoms with Crippen LogP contribution in [-0.4, -0.2) is 25.2 Å². The van der Waals surface area contributed by atoms with Crippen LogP contribution in [0.5, 0.6) is 11.5 Å². The topological polar surface area (TPSA) is 21.7 Å². The third-order valence-electron chi connectivity index (χ3n) is 3.91. The number of benzene rings is 1. The molecule has 118 valence electrons. The molecule has 1 aliphatic carbocycles. The van der Waals surface area contributed by atoms with Crippen LogP contribution in [0, 0.1) is 0 Å². The smallest absolute Gasteiger partial charge is 0.123 e. The summed E-state index contributed by atoms with van der Waals surface area (Å²) in [5, 5.41) is 0. The lowest BCUT2D eigenvalue weighted by Gasteiger charge is -2.23. The molecule has 3 rings (SSSR count). The summed E-state index contributed by atoms with van der Waals surface area (Å²) < 4.78 is 12.1. The Morgan fingerprint density at radius 1 is 1.14 bits per heavy atom. The van der Waals surface area contributed by atoms with Gasteiger partial charge in [-0.15, -0.1) is 11.3 Å². The number of nitrogens with zero attached hydrogens (tertiary/aromatic N) is 1. The van der Waals surface area contributed by atoms with Crippen molar-refractivity contribution in [2.75, 3.05) is 14.2 Å². The van der Waals surface area contributed by atoms with E-state index in [-0.39, 0.29) is 0 Å². The maximum absolute atomic E-state index is 5.51. The molecule has 5 heteroatoms. The van der Waals surface area contributed by atoms with Crippen molar-refractivity contribution >= 4 is 27.3 Å². The lowest BCUT2D eigenvalue weighted by molar-refractivity contribution is 0.243. The van der Waals surface area contributed by atoms with Crippen molar-refractivity contribution in [2.45, 2.75) is 32.0 Å². The number of methoxy groups -OCH3 is 2. The van der Waals surface area contributed by atoms with Gasteiger partial charge in [0.1, 0.15) is 11.5 Å². The van der Waals surface area contributed by atoms with Crippen molar-refractivity contribution in [3.63, 3.8) is 0 Å². The molecule has 1 aromatic carbocycles. The summed E-state index contributed by atoms with van der Waals surface area (Å²) in [6, 6.07) is 11.0.